The van der Waals surface area contributed by atoms with E-state index in [0.29, 0.717) is 17.4 Å². The van der Waals surface area contributed by atoms with Crippen molar-refractivity contribution in [2.45, 2.75) is 270 Å². The average Bonchev–Trinajstić information content (AvgIpc) is 3.36. The van der Waals surface area contributed by atoms with Gasteiger partial charge in [0.15, 0.2) is 12.4 Å². The third-order valence-electron chi connectivity index (χ3n) is 13.0. The molecule has 0 heterocycles. The molecule has 0 aromatic heterocycles. The molecule has 422 valence electrons. The van der Waals surface area contributed by atoms with Crippen molar-refractivity contribution < 1.29 is 42.9 Å². The molecule has 9 heteroatoms. The number of esters is 2. The topological polar surface area (TPSA) is 111 Å². The van der Waals surface area contributed by atoms with Gasteiger partial charge in [-0.2, -0.15) is 0 Å². The number of carboxylic acids is 1. The number of ether oxygens (including phenoxy) is 4. The number of carbonyl (C=O) groups is 3. The summed E-state index contributed by atoms with van der Waals surface area (Å²) in [5.74, 6) is -2.34. The summed E-state index contributed by atoms with van der Waals surface area (Å²) in [5, 5.41) is 11.8. The summed E-state index contributed by atoms with van der Waals surface area (Å²) in [6.45, 7) is 4.61. The van der Waals surface area contributed by atoms with E-state index in [4.69, 9.17) is 18.9 Å². The van der Waals surface area contributed by atoms with E-state index in [1.54, 1.807) is 0 Å². The molecule has 0 aromatic carbocycles. The van der Waals surface area contributed by atoms with Gasteiger partial charge in [-0.05, 0) is 64.2 Å². The molecule has 73 heavy (non-hydrogen) atoms. The Balaban J connectivity index is 4.24. The Kier molecular flexibility index (Phi) is 52.5. The highest BCUT2D eigenvalue weighted by atomic mass is 16.7. The van der Waals surface area contributed by atoms with Gasteiger partial charge in [-0.15, -0.1) is 0 Å². The van der Waals surface area contributed by atoms with E-state index in [-0.39, 0.29) is 38.6 Å². The Hall–Kier alpha value is -3.27. The second kappa shape index (κ2) is 55.0. The molecule has 0 fully saturated rings. The van der Waals surface area contributed by atoms with Crippen LogP contribution in [0.3, 0.4) is 0 Å². The zero-order chi connectivity index (χ0) is 53.4. The van der Waals surface area contributed by atoms with Crippen LogP contribution in [0.5, 0.6) is 0 Å². The third-order valence-corrected chi connectivity index (χ3v) is 13.0. The second-order valence-corrected chi connectivity index (χ2v) is 21.3. The molecule has 0 aliphatic heterocycles. The van der Waals surface area contributed by atoms with Crippen molar-refractivity contribution in [1.82, 2.24) is 0 Å². The fraction of sp³-hybridized carbons (Fsp3) is 0.766. The number of allylic oxidation sites excluding steroid dienone is 12. The standard InChI is InChI=1S/C64H113NO8/c1-6-8-10-12-14-16-18-20-22-24-26-28-29-30-31-32-33-35-36-38-40-42-44-46-48-50-52-54-61(66)71-58-60(59-72-64(63(68)69)70-57-56-65(3,4)5)73-62(67)55-53-51-49-47-45-43-41-39-37-34-27-25-23-21-19-17-15-13-11-9-7-2/h9,11,15,17,21,23,27,34,39,41,45,47,60,64H,6-8,10,12-14,16,18-20,22,24-26,28-33,35-38,40,42-44,46,48-59H2,1-5H3/b11-9-,17-15-,23-21-,34-27-,41-39-,47-45-. The second-order valence-electron chi connectivity index (χ2n) is 21.3. The van der Waals surface area contributed by atoms with Gasteiger partial charge in [0.1, 0.15) is 13.2 Å². The van der Waals surface area contributed by atoms with Crippen molar-refractivity contribution in [3.05, 3.63) is 72.9 Å². The maximum atomic E-state index is 12.8. The lowest BCUT2D eigenvalue weighted by atomic mass is 10.0. The molecule has 2 unspecified atom stereocenters. The summed E-state index contributed by atoms with van der Waals surface area (Å²) in [5.41, 5.74) is 0. The van der Waals surface area contributed by atoms with Crippen LogP contribution in [0.1, 0.15) is 258 Å². The number of hydrogen-bond donors (Lipinski definition) is 0. The summed E-state index contributed by atoms with van der Waals surface area (Å²) in [7, 11) is 5.91. The molecule has 0 aromatic rings. The lowest BCUT2D eigenvalue weighted by Gasteiger charge is -2.26. The molecule has 0 aliphatic carbocycles. The predicted octanol–water partition coefficient (Wildman–Crippen LogP) is 16.5. The van der Waals surface area contributed by atoms with Crippen molar-refractivity contribution in [3.8, 4) is 0 Å². The Morgan fingerprint density at radius 3 is 1.16 bits per heavy atom. The molecule has 0 saturated carbocycles. The van der Waals surface area contributed by atoms with Crippen molar-refractivity contribution in [3.63, 3.8) is 0 Å². The van der Waals surface area contributed by atoms with E-state index in [1.165, 1.54) is 154 Å². The van der Waals surface area contributed by atoms with Crippen LogP contribution in [0.2, 0.25) is 0 Å². The number of aliphatic carboxylic acids is 1. The molecule has 0 N–H and O–H groups in total. The minimum atomic E-state index is -1.64. The predicted molar refractivity (Wildman–Crippen MR) is 306 cm³/mol. The van der Waals surface area contributed by atoms with E-state index in [2.05, 4.69) is 86.8 Å². The first kappa shape index (κ1) is 69.7. The van der Waals surface area contributed by atoms with Crippen molar-refractivity contribution in [1.29, 1.82) is 0 Å². The summed E-state index contributed by atoms with van der Waals surface area (Å²) in [6.07, 6.45) is 68.3. The Bertz CT molecular complexity index is 1420. The lowest BCUT2D eigenvalue weighted by molar-refractivity contribution is -0.870. The summed E-state index contributed by atoms with van der Waals surface area (Å²) in [6, 6.07) is 0. The fourth-order valence-corrected chi connectivity index (χ4v) is 8.36. The van der Waals surface area contributed by atoms with Gasteiger partial charge in [-0.25, -0.2) is 0 Å². The number of carbonyl (C=O) groups excluding carboxylic acids is 3. The molecular weight excluding hydrogens is 911 g/mol. The van der Waals surface area contributed by atoms with Gasteiger partial charge in [0.2, 0.25) is 0 Å². The van der Waals surface area contributed by atoms with Crippen LogP contribution in [-0.2, 0) is 33.3 Å². The Morgan fingerprint density at radius 1 is 0.425 bits per heavy atom. The maximum absolute atomic E-state index is 12.8. The number of nitrogens with zero attached hydrogens (tertiary/aromatic N) is 1. The SMILES string of the molecule is CC/C=C\C/C=C\C/C=C\C/C=C\C/C=C\C/C=C\CCCCC(=O)OC(COC(=O)CCCCCCCCCCCCCCCCCCCCCCCCCCCCC)COC(OCC[N+](C)(C)C)C(=O)[O-]. The summed E-state index contributed by atoms with van der Waals surface area (Å²) < 4.78 is 22.7. The molecule has 0 rings (SSSR count). The zero-order valence-electron chi connectivity index (χ0n) is 48.0. The third kappa shape index (κ3) is 56.3. The highest BCUT2D eigenvalue weighted by Crippen LogP contribution is 2.17. The van der Waals surface area contributed by atoms with Crippen LogP contribution in [0.15, 0.2) is 72.9 Å². The molecule has 9 nitrogen and oxygen atoms in total. The van der Waals surface area contributed by atoms with Crippen molar-refractivity contribution in [2.24, 2.45) is 0 Å². The van der Waals surface area contributed by atoms with E-state index >= 15 is 0 Å². The minimum Gasteiger partial charge on any atom is -0.545 e. The van der Waals surface area contributed by atoms with Crippen molar-refractivity contribution in [2.75, 3.05) is 47.5 Å². The zero-order valence-corrected chi connectivity index (χ0v) is 48.0. The van der Waals surface area contributed by atoms with Gasteiger partial charge in [-0.1, -0.05) is 254 Å². The highest BCUT2D eigenvalue weighted by Gasteiger charge is 2.22. The number of unbranched alkanes of at least 4 members (excludes halogenated alkanes) is 28. The molecule has 0 bridgehead atoms. The number of carboxylic acid groups (broad SMARTS) is 1. The van der Waals surface area contributed by atoms with Gasteiger partial charge in [0, 0.05) is 12.8 Å². The van der Waals surface area contributed by atoms with Crippen molar-refractivity contribution >= 4 is 17.9 Å². The van der Waals surface area contributed by atoms with Crippen LogP contribution >= 0.6 is 0 Å². The van der Waals surface area contributed by atoms with Crippen LogP contribution in [0.25, 0.3) is 0 Å². The quantitative estimate of drug-likeness (QED) is 0.0195. The van der Waals surface area contributed by atoms with Crippen LogP contribution in [-0.4, -0.2) is 82.3 Å². The Morgan fingerprint density at radius 2 is 0.781 bits per heavy atom. The van der Waals surface area contributed by atoms with Crippen LogP contribution in [0, 0.1) is 0 Å². The van der Waals surface area contributed by atoms with Crippen LogP contribution < -0.4 is 5.11 Å². The monoisotopic (exact) mass is 1020 g/mol. The molecule has 2 atom stereocenters. The number of likely N-dealkylation sites (N-methyl/N-ethyl adjacent to an activating group) is 1. The minimum absolute atomic E-state index is 0.137. The van der Waals surface area contributed by atoms with Gasteiger partial charge in [0.25, 0.3) is 0 Å². The van der Waals surface area contributed by atoms with Gasteiger partial charge >= 0.3 is 11.9 Å². The molecule has 0 radical (unpaired) electrons. The first-order chi connectivity index (χ1) is 35.6. The summed E-state index contributed by atoms with van der Waals surface area (Å²) >= 11 is 0. The molecule has 0 saturated heterocycles. The largest absolute Gasteiger partial charge is 0.545 e. The number of hydrogen-bond acceptors (Lipinski definition) is 8. The average molecular weight is 1020 g/mol. The molecule has 0 spiro atoms. The van der Waals surface area contributed by atoms with E-state index in [1.807, 2.05) is 21.1 Å². The van der Waals surface area contributed by atoms with Crippen LogP contribution in [0.4, 0.5) is 0 Å². The summed E-state index contributed by atoms with van der Waals surface area (Å²) in [4.78, 5) is 37.3. The van der Waals surface area contributed by atoms with E-state index in [0.717, 1.165) is 70.6 Å². The smallest absolute Gasteiger partial charge is 0.306 e. The maximum Gasteiger partial charge on any atom is 0.306 e. The number of rotatable bonds is 55. The van der Waals surface area contributed by atoms with Gasteiger partial charge < -0.3 is 33.3 Å². The normalized spacial score (nSPS) is 13.3. The molecule has 0 aliphatic rings. The highest BCUT2D eigenvalue weighted by molar-refractivity contribution is 5.70. The van der Waals surface area contributed by atoms with Gasteiger partial charge in [0.05, 0.1) is 40.3 Å². The number of quaternary nitrogens is 1. The first-order valence-corrected chi connectivity index (χ1v) is 30.1. The lowest BCUT2D eigenvalue weighted by Crippen LogP contribution is -2.44. The fourth-order valence-electron chi connectivity index (χ4n) is 8.36. The first-order valence-electron chi connectivity index (χ1n) is 30.1. The molecule has 0 amide bonds. The molecular formula is C64H113NO8. The van der Waals surface area contributed by atoms with Gasteiger partial charge in [-0.3, -0.25) is 9.59 Å². The van der Waals surface area contributed by atoms with E-state index < -0.39 is 24.3 Å². The Labute approximate surface area is 449 Å². The van der Waals surface area contributed by atoms with E-state index in [9.17, 15) is 19.5 Å².